The molecule has 1 saturated heterocycles. The third-order valence-electron chi connectivity index (χ3n) is 9.91. The van der Waals surface area contributed by atoms with E-state index in [1.807, 2.05) is 71.6 Å². The predicted molar refractivity (Wildman–Crippen MR) is 190 cm³/mol. The molecular weight excluding hydrogens is 632 g/mol. The van der Waals surface area contributed by atoms with Crippen LogP contribution in [0.1, 0.15) is 75.0 Å². The minimum absolute atomic E-state index is 0.0284. The highest BCUT2D eigenvalue weighted by atomic mass is 16.5. The van der Waals surface area contributed by atoms with E-state index in [1.54, 1.807) is 13.8 Å². The van der Waals surface area contributed by atoms with E-state index in [2.05, 4.69) is 12.1 Å². The second-order valence-electron chi connectivity index (χ2n) is 13.4. The first-order chi connectivity index (χ1) is 24.2. The lowest BCUT2D eigenvalue weighted by Crippen LogP contribution is -2.48. The highest BCUT2D eigenvalue weighted by molar-refractivity contribution is 5.94. The molecule has 264 valence electrons. The second kappa shape index (κ2) is 17.2. The van der Waals surface area contributed by atoms with E-state index in [1.165, 1.54) is 11.9 Å². The van der Waals surface area contributed by atoms with Gasteiger partial charge in [0.15, 0.2) is 5.78 Å². The van der Waals surface area contributed by atoms with Gasteiger partial charge in [-0.05, 0) is 60.4 Å². The van der Waals surface area contributed by atoms with Crippen LogP contribution in [0.4, 0.5) is 0 Å². The molecule has 2 aliphatic rings. The van der Waals surface area contributed by atoms with Crippen LogP contribution in [0.3, 0.4) is 0 Å². The van der Waals surface area contributed by atoms with Crippen molar-refractivity contribution in [2.45, 2.75) is 70.8 Å². The number of benzene rings is 3. The second-order valence-corrected chi connectivity index (χ2v) is 13.4. The number of hydrogen-bond donors (Lipinski definition) is 0. The van der Waals surface area contributed by atoms with Crippen molar-refractivity contribution in [1.82, 2.24) is 9.80 Å². The van der Waals surface area contributed by atoms with E-state index in [4.69, 9.17) is 9.47 Å². The van der Waals surface area contributed by atoms with Gasteiger partial charge >= 0.3 is 11.9 Å². The summed E-state index contributed by atoms with van der Waals surface area (Å²) in [4.78, 5) is 70.7. The van der Waals surface area contributed by atoms with Gasteiger partial charge in [-0.2, -0.15) is 0 Å². The molecule has 0 spiro atoms. The third kappa shape index (κ3) is 8.86. The van der Waals surface area contributed by atoms with E-state index in [0.29, 0.717) is 13.1 Å². The topological polar surface area (TPSA) is 110 Å². The molecule has 0 aromatic heterocycles. The Morgan fingerprint density at radius 1 is 0.760 bits per heavy atom. The number of piperidine rings is 1. The molecule has 3 aromatic rings. The van der Waals surface area contributed by atoms with Crippen molar-refractivity contribution in [2.75, 3.05) is 33.4 Å². The van der Waals surface area contributed by atoms with Gasteiger partial charge in [0.2, 0.25) is 11.8 Å². The van der Waals surface area contributed by atoms with Crippen molar-refractivity contribution in [2.24, 2.45) is 11.8 Å². The molecular formula is C41H48N2O7. The third-order valence-corrected chi connectivity index (χ3v) is 9.91. The summed E-state index contributed by atoms with van der Waals surface area (Å²) in [5.41, 5.74) is 5.18. The van der Waals surface area contributed by atoms with Crippen LogP contribution in [-0.2, 0) is 39.9 Å². The van der Waals surface area contributed by atoms with Crippen molar-refractivity contribution in [1.29, 1.82) is 0 Å². The Labute approximate surface area is 294 Å². The lowest BCUT2D eigenvalue weighted by atomic mass is 9.92. The summed E-state index contributed by atoms with van der Waals surface area (Å²) >= 11 is 0. The molecule has 9 heteroatoms. The van der Waals surface area contributed by atoms with Crippen molar-refractivity contribution >= 4 is 29.5 Å². The molecule has 1 fully saturated rings. The molecule has 1 heterocycles. The number of amides is 2. The SMILES string of the molecule is CCOC(=O)C[C@H](CC(=O)OCC1c2ccccc2-c2ccccc21)C(=O)N(C)[C@@H](Cc1ccccc1)C(=O)C[C@@H](C)C(=O)N1CCCCC1. The molecule has 0 bridgehead atoms. The molecule has 1 aliphatic heterocycles. The summed E-state index contributed by atoms with van der Waals surface area (Å²) in [6, 6.07) is 24.5. The molecule has 50 heavy (non-hydrogen) atoms. The van der Waals surface area contributed by atoms with Gasteiger partial charge in [-0.1, -0.05) is 85.8 Å². The van der Waals surface area contributed by atoms with Gasteiger partial charge in [0.1, 0.15) is 6.61 Å². The van der Waals surface area contributed by atoms with E-state index >= 15 is 0 Å². The predicted octanol–water partition coefficient (Wildman–Crippen LogP) is 5.98. The molecule has 9 nitrogen and oxygen atoms in total. The zero-order chi connectivity index (χ0) is 35.6. The molecule has 0 N–H and O–H groups in total. The van der Waals surface area contributed by atoms with Crippen molar-refractivity contribution in [3.05, 3.63) is 95.6 Å². The van der Waals surface area contributed by atoms with Crippen LogP contribution in [-0.4, -0.2) is 78.7 Å². The van der Waals surface area contributed by atoms with Crippen LogP contribution in [0.25, 0.3) is 11.1 Å². The minimum atomic E-state index is -1.10. The number of likely N-dealkylation sites (tertiary alicyclic amines) is 1. The summed E-state index contributed by atoms with van der Waals surface area (Å²) in [7, 11) is 1.53. The Morgan fingerprint density at radius 2 is 1.32 bits per heavy atom. The number of esters is 2. The van der Waals surface area contributed by atoms with Crippen molar-refractivity contribution < 1.29 is 33.4 Å². The maximum absolute atomic E-state index is 14.2. The van der Waals surface area contributed by atoms with Crippen LogP contribution in [0, 0.1) is 11.8 Å². The quantitative estimate of drug-likeness (QED) is 0.182. The molecule has 5 rings (SSSR count). The molecule has 0 unspecified atom stereocenters. The molecule has 2 amide bonds. The number of hydrogen-bond acceptors (Lipinski definition) is 7. The molecule has 0 radical (unpaired) electrons. The van der Waals surface area contributed by atoms with Gasteiger partial charge < -0.3 is 19.3 Å². The number of carbonyl (C=O) groups is 5. The fourth-order valence-electron chi connectivity index (χ4n) is 7.24. The van der Waals surface area contributed by atoms with Gasteiger partial charge in [0.05, 0.1) is 31.4 Å². The van der Waals surface area contributed by atoms with Crippen molar-refractivity contribution in [3.63, 3.8) is 0 Å². The Balaban J connectivity index is 1.31. The van der Waals surface area contributed by atoms with Crippen LogP contribution >= 0.6 is 0 Å². The number of ketones is 1. The first kappa shape index (κ1) is 36.5. The van der Waals surface area contributed by atoms with Gasteiger partial charge in [-0.15, -0.1) is 0 Å². The number of nitrogens with zero attached hydrogens (tertiary/aromatic N) is 2. The number of carbonyl (C=O) groups excluding carboxylic acids is 5. The van der Waals surface area contributed by atoms with Crippen LogP contribution < -0.4 is 0 Å². The number of fused-ring (bicyclic) bond motifs is 3. The Bertz CT molecular complexity index is 1620. The Kier molecular flexibility index (Phi) is 12.6. The van der Waals surface area contributed by atoms with Crippen LogP contribution in [0.2, 0.25) is 0 Å². The summed E-state index contributed by atoms with van der Waals surface area (Å²) in [5.74, 6) is -3.87. The number of Topliss-reactive ketones (excluding diaryl/α,β-unsaturated/α-hetero) is 1. The number of ether oxygens (including phenoxy) is 2. The maximum atomic E-state index is 14.2. The fourth-order valence-corrected chi connectivity index (χ4v) is 7.24. The lowest BCUT2D eigenvalue weighted by molar-refractivity contribution is -0.154. The highest BCUT2D eigenvalue weighted by Gasteiger charge is 2.36. The largest absolute Gasteiger partial charge is 0.466 e. The zero-order valence-corrected chi connectivity index (χ0v) is 29.3. The molecule has 1 aliphatic carbocycles. The Hall–Kier alpha value is -4.79. The van der Waals surface area contributed by atoms with Crippen LogP contribution in [0.15, 0.2) is 78.9 Å². The lowest BCUT2D eigenvalue weighted by Gasteiger charge is -2.32. The summed E-state index contributed by atoms with van der Waals surface area (Å²) < 4.78 is 11.0. The average molecular weight is 681 g/mol. The molecule has 3 atom stereocenters. The van der Waals surface area contributed by atoms with Crippen molar-refractivity contribution in [3.8, 4) is 11.1 Å². The molecule has 0 saturated carbocycles. The zero-order valence-electron chi connectivity index (χ0n) is 29.3. The summed E-state index contributed by atoms with van der Waals surface area (Å²) in [5, 5.41) is 0. The fraction of sp³-hybridized carbons (Fsp3) is 0.439. The van der Waals surface area contributed by atoms with Gasteiger partial charge in [0.25, 0.3) is 0 Å². The number of rotatable bonds is 15. The first-order valence-electron chi connectivity index (χ1n) is 17.8. The summed E-state index contributed by atoms with van der Waals surface area (Å²) in [6.07, 6.45) is 2.50. The average Bonchev–Trinajstić information content (AvgIpc) is 3.46. The van der Waals surface area contributed by atoms with E-state index < -0.39 is 35.7 Å². The highest BCUT2D eigenvalue weighted by Crippen LogP contribution is 2.44. The smallest absolute Gasteiger partial charge is 0.306 e. The summed E-state index contributed by atoms with van der Waals surface area (Å²) in [6.45, 7) is 5.02. The number of likely N-dealkylation sites (N-methyl/N-ethyl adjacent to an activating group) is 1. The van der Waals surface area contributed by atoms with E-state index in [9.17, 15) is 24.0 Å². The van der Waals surface area contributed by atoms with Crippen LogP contribution in [0.5, 0.6) is 0 Å². The van der Waals surface area contributed by atoms with E-state index in [0.717, 1.165) is 47.1 Å². The van der Waals surface area contributed by atoms with Gasteiger partial charge in [-0.25, -0.2) is 0 Å². The maximum Gasteiger partial charge on any atom is 0.306 e. The monoisotopic (exact) mass is 680 g/mol. The minimum Gasteiger partial charge on any atom is -0.466 e. The Morgan fingerprint density at radius 3 is 1.92 bits per heavy atom. The van der Waals surface area contributed by atoms with E-state index in [-0.39, 0.29) is 56.5 Å². The first-order valence-corrected chi connectivity index (χ1v) is 17.8. The van der Waals surface area contributed by atoms with Gasteiger partial charge in [-0.3, -0.25) is 24.0 Å². The van der Waals surface area contributed by atoms with Gasteiger partial charge in [0, 0.05) is 38.4 Å². The molecule has 3 aromatic carbocycles. The standard InChI is InChI=1S/C41H48N2O7/c1-4-49-38(45)25-30(26-39(46)50-27-35-33-19-11-9-17-31(33)32-18-10-12-20-34(32)35)41(48)42(3)36(24-29-15-7-5-8-16-29)37(44)23-28(2)40(47)43-21-13-6-14-22-43/h5,7-12,15-20,28,30,35-36H,4,6,13-14,21-27H2,1-3H3/t28-,30-,36+/m1/s1. The normalized spacial score (nSPS) is 15.6.